The van der Waals surface area contributed by atoms with Crippen molar-refractivity contribution < 1.29 is 14.3 Å². The van der Waals surface area contributed by atoms with E-state index in [1.54, 1.807) is 4.90 Å². The van der Waals surface area contributed by atoms with Crippen LogP contribution in [0.25, 0.3) is 0 Å². The van der Waals surface area contributed by atoms with Crippen molar-refractivity contribution in [1.29, 1.82) is 0 Å². The van der Waals surface area contributed by atoms with Crippen molar-refractivity contribution in [3.05, 3.63) is 34.6 Å². The molecule has 0 bridgehead atoms. The Balaban J connectivity index is 2.55. The number of rotatable bonds is 5. The molecular weight excluding hydrogens is 259 g/mol. The number of aliphatic hydroxyl groups excluding tert-OH is 1. The number of hydrogen-bond donors (Lipinski definition) is 2. The van der Waals surface area contributed by atoms with Crippen molar-refractivity contribution in [2.75, 3.05) is 27.2 Å². The quantitative estimate of drug-likeness (QED) is 0.846. The molecule has 4 nitrogen and oxygen atoms in total. The van der Waals surface area contributed by atoms with E-state index < -0.39 is 17.8 Å². The third kappa shape index (κ3) is 5.00. The van der Waals surface area contributed by atoms with Gasteiger partial charge in [0.2, 0.25) is 0 Å². The van der Waals surface area contributed by atoms with Gasteiger partial charge in [-0.3, -0.25) is 4.79 Å². The standard InChI is InChI=1S/C12H16ClFN2O2/c1-16(2)7-11(17)6-15-12(18)8-3-9(13)5-10(14)4-8/h3-5,11,17H,6-7H2,1-2H3,(H,15,18)/t11-/m0/s1. The van der Waals surface area contributed by atoms with Crippen LogP contribution in [0.15, 0.2) is 18.2 Å². The lowest BCUT2D eigenvalue weighted by molar-refractivity contribution is 0.0892. The van der Waals surface area contributed by atoms with Crippen molar-refractivity contribution in [1.82, 2.24) is 10.2 Å². The van der Waals surface area contributed by atoms with E-state index in [-0.39, 0.29) is 17.1 Å². The molecule has 1 amide bonds. The monoisotopic (exact) mass is 274 g/mol. The van der Waals surface area contributed by atoms with E-state index in [1.807, 2.05) is 14.1 Å². The van der Waals surface area contributed by atoms with Crippen molar-refractivity contribution in [2.45, 2.75) is 6.10 Å². The molecule has 0 unspecified atom stereocenters. The highest BCUT2D eigenvalue weighted by molar-refractivity contribution is 6.31. The number of halogens is 2. The van der Waals surface area contributed by atoms with Crippen molar-refractivity contribution >= 4 is 17.5 Å². The van der Waals surface area contributed by atoms with Crippen LogP contribution < -0.4 is 5.32 Å². The van der Waals surface area contributed by atoms with Gasteiger partial charge >= 0.3 is 0 Å². The molecule has 0 heterocycles. The zero-order valence-corrected chi connectivity index (χ0v) is 11.0. The Kier molecular flexibility index (Phi) is 5.53. The number of carbonyl (C=O) groups is 1. The summed E-state index contributed by atoms with van der Waals surface area (Å²) in [5.41, 5.74) is 0.136. The predicted molar refractivity (Wildman–Crippen MR) is 68.3 cm³/mol. The van der Waals surface area contributed by atoms with Crippen LogP contribution >= 0.6 is 11.6 Å². The second kappa shape index (κ2) is 6.68. The van der Waals surface area contributed by atoms with Crippen molar-refractivity contribution in [3.63, 3.8) is 0 Å². The Bertz CT molecular complexity index is 406. The van der Waals surface area contributed by atoms with Gasteiger partial charge in [-0.15, -0.1) is 0 Å². The molecule has 1 rings (SSSR count). The molecule has 1 atom stereocenters. The van der Waals surface area contributed by atoms with Gasteiger partial charge in [0, 0.05) is 23.7 Å². The molecule has 6 heteroatoms. The van der Waals surface area contributed by atoms with E-state index in [1.165, 1.54) is 6.07 Å². The number of benzene rings is 1. The summed E-state index contributed by atoms with van der Waals surface area (Å²) in [7, 11) is 3.63. The number of amides is 1. The molecule has 0 aliphatic carbocycles. The Morgan fingerprint density at radius 2 is 2.17 bits per heavy atom. The number of nitrogens with one attached hydrogen (secondary N) is 1. The molecule has 0 saturated heterocycles. The fourth-order valence-electron chi connectivity index (χ4n) is 1.48. The molecule has 0 fully saturated rings. The zero-order chi connectivity index (χ0) is 13.7. The van der Waals surface area contributed by atoms with Crippen LogP contribution in [0.3, 0.4) is 0 Å². The lowest BCUT2D eigenvalue weighted by Gasteiger charge is -2.16. The largest absolute Gasteiger partial charge is 0.390 e. The molecule has 18 heavy (non-hydrogen) atoms. The molecule has 0 aromatic heterocycles. The molecule has 1 aromatic carbocycles. The van der Waals surface area contributed by atoms with Crippen molar-refractivity contribution in [2.24, 2.45) is 0 Å². The van der Waals surface area contributed by atoms with Gasteiger partial charge in [-0.1, -0.05) is 11.6 Å². The van der Waals surface area contributed by atoms with E-state index in [9.17, 15) is 14.3 Å². The topological polar surface area (TPSA) is 52.6 Å². The fourth-order valence-corrected chi connectivity index (χ4v) is 1.71. The number of carbonyl (C=O) groups excluding carboxylic acids is 1. The van der Waals surface area contributed by atoms with Gasteiger partial charge in [0.15, 0.2) is 0 Å². The summed E-state index contributed by atoms with van der Waals surface area (Å²) in [6.45, 7) is 0.537. The van der Waals surface area contributed by atoms with E-state index in [0.717, 1.165) is 12.1 Å². The van der Waals surface area contributed by atoms with Gasteiger partial charge in [0.05, 0.1) is 6.10 Å². The molecule has 2 N–H and O–H groups in total. The van der Waals surface area contributed by atoms with E-state index in [2.05, 4.69) is 5.32 Å². The predicted octanol–water partition coefficient (Wildman–Crippen LogP) is 1.13. The Hall–Kier alpha value is -1.17. The lowest BCUT2D eigenvalue weighted by atomic mass is 10.2. The number of likely N-dealkylation sites (N-methyl/N-ethyl adjacent to an activating group) is 1. The summed E-state index contributed by atoms with van der Waals surface area (Å²) in [4.78, 5) is 13.5. The van der Waals surface area contributed by atoms with Crippen LogP contribution in [0.2, 0.25) is 5.02 Å². The van der Waals surface area contributed by atoms with Crippen LogP contribution in [-0.4, -0.2) is 49.2 Å². The average molecular weight is 275 g/mol. The Morgan fingerprint density at radius 1 is 1.50 bits per heavy atom. The number of hydrogen-bond acceptors (Lipinski definition) is 3. The maximum absolute atomic E-state index is 13.0. The first-order chi connectivity index (χ1) is 8.38. The van der Waals surface area contributed by atoms with E-state index in [4.69, 9.17) is 11.6 Å². The van der Waals surface area contributed by atoms with Crippen LogP contribution in [0.1, 0.15) is 10.4 Å². The molecule has 100 valence electrons. The average Bonchev–Trinajstić information content (AvgIpc) is 2.23. The van der Waals surface area contributed by atoms with Crippen molar-refractivity contribution in [3.8, 4) is 0 Å². The van der Waals surface area contributed by atoms with Gasteiger partial charge in [-0.05, 0) is 32.3 Å². The maximum Gasteiger partial charge on any atom is 0.251 e. The first-order valence-corrected chi connectivity index (χ1v) is 5.83. The van der Waals surface area contributed by atoms with Crippen LogP contribution in [0.5, 0.6) is 0 Å². The fraction of sp³-hybridized carbons (Fsp3) is 0.417. The minimum atomic E-state index is -0.673. The highest BCUT2D eigenvalue weighted by Gasteiger charge is 2.11. The van der Waals surface area contributed by atoms with Gasteiger partial charge in [0.1, 0.15) is 5.82 Å². The van der Waals surface area contributed by atoms with Gasteiger partial charge in [-0.2, -0.15) is 0 Å². The van der Waals surface area contributed by atoms with Gasteiger partial charge in [-0.25, -0.2) is 4.39 Å². The number of nitrogens with zero attached hydrogens (tertiary/aromatic N) is 1. The van der Waals surface area contributed by atoms with E-state index >= 15 is 0 Å². The van der Waals surface area contributed by atoms with Gasteiger partial charge < -0.3 is 15.3 Å². The highest BCUT2D eigenvalue weighted by Crippen LogP contribution is 2.13. The molecule has 0 aliphatic rings. The third-order valence-corrected chi connectivity index (χ3v) is 2.42. The highest BCUT2D eigenvalue weighted by atomic mass is 35.5. The summed E-state index contributed by atoms with van der Waals surface area (Å²) in [5.74, 6) is -1.03. The minimum Gasteiger partial charge on any atom is -0.390 e. The molecular formula is C12H16ClFN2O2. The summed E-state index contributed by atoms with van der Waals surface area (Å²) in [6.07, 6.45) is -0.673. The third-order valence-electron chi connectivity index (χ3n) is 2.20. The first kappa shape index (κ1) is 14.9. The van der Waals surface area contributed by atoms with Crippen LogP contribution in [0.4, 0.5) is 4.39 Å². The summed E-state index contributed by atoms with van der Waals surface area (Å²) in [6, 6.07) is 3.59. The minimum absolute atomic E-state index is 0.102. The Morgan fingerprint density at radius 3 is 2.72 bits per heavy atom. The summed E-state index contributed by atoms with van der Waals surface area (Å²) < 4.78 is 13.0. The Labute approximate surface area is 110 Å². The normalized spacial score (nSPS) is 12.6. The second-order valence-electron chi connectivity index (χ2n) is 4.28. The SMILES string of the molecule is CN(C)C[C@@H](O)CNC(=O)c1cc(F)cc(Cl)c1. The van der Waals surface area contributed by atoms with Gasteiger partial charge in [0.25, 0.3) is 5.91 Å². The lowest BCUT2D eigenvalue weighted by Crippen LogP contribution is -2.37. The molecule has 0 spiro atoms. The summed E-state index contributed by atoms with van der Waals surface area (Å²) >= 11 is 5.65. The molecule has 1 aromatic rings. The molecule has 0 radical (unpaired) electrons. The first-order valence-electron chi connectivity index (χ1n) is 5.45. The molecule has 0 saturated carbocycles. The second-order valence-corrected chi connectivity index (χ2v) is 4.72. The molecule has 0 aliphatic heterocycles. The van der Waals surface area contributed by atoms with E-state index in [0.29, 0.717) is 6.54 Å². The van der Waals surface area contributed by atoms with Crippen LogP contribution in [0, 0.1) is 5.82 Å². The summed E-state index contributed by atoms with van der Waals surface area (Å²) in [5, 5.41) is 12.2. The number of aliphatic hydroxyl groups is 1. The maximum atomic E-state index is 13.0. The zero-order valence-electron chi connectivity index (χ0n) is 10.3. The van der Waals surface area contributed by atoms with Crippen LogP contribution in [-0.2, 0) is 0 Å². The smallest absolute Gasteiger partial charge is 0.251 e.